The maximum absolute atomic E-state index is 10.4. The average molecular weight is 282 g/mol. The van der Waals surface area contributed by atoms with Gasteiger partial charge in [0.15, 0.2) is 0 Å². The number of amidine groups is 1. The minimum Gasteiger partial charge on any atom is -0.509 e. The lowest BCUT2D eigenvalue weighted by molar-refractivity contribution is 0.333. The zero-order valence-electron chi connectivity index (χ0n) is 12.1. The zero-order valence-corrected chi connectivity index (χ0v) is 12.1. The third kappa shape index (κ3) is 2.31. The number of nitrogens with zero attached hydrogens (tertiary/aromatic N) is 3. The van der Waals surface area contributed by atoms with Gasteiger partial charge in [-0.2, -0.15) is 0 Å². The first kappa shape index (κ1) is 13.4. The fourth-order valence-corrected chi connectivity index (χ4v) is 2.50. The van der Waals surface area contributed by atoms with Gasteiger partial charge in [-0.3, -0.25) is 4.99 Å². The van der Waals surface area contributed by atoms with Gasteiger partial charge in [-0.1, -0.05) is 30.3 Å². The Kier molecular flexibility index (Phi) is 3.05. The molecule has 2 aromatic rings. The van der Waals surface area contributed by atoms with Crippen molar-refractivity contribution in [3.8, 4) is 0 Å². The molecule has 0 aliphatic carbocycles. The van der Waals surface area contributed by atoms with E-state index >= 15 is 0 Å². The highest BCUT2D eigenvalue weighted by atomic mass is 16.3. The summed E-state index contributed by atoms with van der Waals surface area (Å²) in [6, 6.07) is 10.1. The quantitative estimate of drug-likeness (QED) is 0.907. The van der Waals surface area contributed by atoms with Crippen LogP contribution in [0.15, 0.2) is 53.5 Å². The molecule has 0 spiro atoms. The topological polar surface area (TPSA) is 76.4 Å². The predicted octanol–water partition coefficient (Wildman–Crippen LogP) is 2.35. The average Bonchev–Trinajstić information content (AvgIpc) is 2.94. The summed E-state index contributed by atoms with van der Waals surface area (Å²) < 4.78 is 1.96. The van der Waals surface area contributed by atoms with Crippen LogP contribution in [0, 0.1) is 0 Å². The van der Waals surface area contributed by atoms with Gasteiger partial charge in [0.05, 0.1) is 5.57 Å². The van der Waals surface area contributed by atoms with E-state index in [9.17, 15) is 5.11 Å². The molecule has 0 amide bonds. The number of hydrogen-bond acceptors (Lipinski definition) is 4. The summed E-state index contributed by atoms with van der Waals surface area (Å²) >= 11 is 0. The Morgan fingerprint density at radius 2 is 1.95 bits per heavy atom. The van der Waals surface area contributed by atoms with Crippen molar-refractivity contribution in [3.05, 3.63) is 59.9 Å². The van der Waals surface area contributed by atoms with Gasteiger partial charge in [0.25, 0.3) is 0 Å². The number of aromatic nitrogens is 2. The van der Waals surface area contributed by atoms with Gasteiger partial charge in [-0.25, -0.2) is 4.98 Å². The fourth-order valence-electron chi connectivity index (χ4n) is 2.50. The molecule has 1 aliphatic heterocycles. The molecule has 1 aromatic heterocycles. The zero-order chi connectivity index (χ0) is 15.0. The number of nitrogens with two attached hydrogens (primary N) is 1. The summed E-state index contributed by atoms with van der Waals surface area (Å²) in [5, 5.41) is 10.4. The summed E-state index contributed by atoms with van der Waals surface area (Å²) in [7, 11) is 0. The highest BCUT2D eigenvalue weighted by Crippen LogP contribution is 2.33. The van der Waals surface area contributed by atoms with Crippen molar-refractivity contribution in [1.82, 2.24) is 9.55 Å². The van der Waals surface area contributed by atoms with Crippen molar-refractivity contribution in [2.45, 2.75) is 25.9 Å². The number of imidazole rings is 1. The van der Waals surface area contributed by atoms with Crippen molar-refractivity contribution < 1.29 is 5.11 Å². The van der Waals surface area contributed by atoms with Gasteiger partial charge in [0.2, 0.25) is 0 Å². The highest BCUT2D eigenvalue weighted by Gasteiger charge is 2.35. The van der Waals surface area contributed by atoms with Crippen LogP contribution in [-0.2, 0) is 6.54 Å². The molecule has 2 heterocycles. The molecule has 0 saturated heterocycles. The van der Waals surface area contributed by atoms with Crippen LogP contribution >= 0.6 is 0 Å². The summed E-state index contributed by atoms with van der Waals surface area (Å²) in [5.74, 6) is 1.14. The standard InChI is InChI=1S/C16H18N4O/c1-16(2)13(21)12(14(17)19-16)15-18-8-9-20(15)10-11-6-4-3-5-7-11/h3-9,21H,10H2,1-2H3,(H2,17,19). The Morgan fingerprint density at radius 1 is 1.24 bits per heavy atom. The van der Waals surface area contributed by atoms with E-state index in [-0.39, 0.29) is 5.76 Å². The second kappa shape index (κ2) is 4.77. The number of aliphatic hydroxyl groups is 1. The molecule has 0 saturated carbocycles. The lowest BCUT2D eigenvalue weighted by atomic mass is 10.0. The first-order valence-corrected chi connectivity index (χ1v) is 6.84. The SMILES string of the molecule is CC1(C)N=C(N)C(c2nccn2Cc2ccccc2)=C1O. The second-order valence-electron chi connectivity index (χ2n) is 5.64. The molecule has 0 atom stereocenters. The fraction of sp³-hybridized carbons (Fsp3) is 0.250. The minimum absolute atomic E-state index is 0.167. The van der Waals surface area contributed by atoms with Gasteiger partial charge < -0.3 is 15.4 Å². The van der Waals surface area contributed by atoms with Crippen molar-refractivity contribution >= 4 is 11.4 Å². The van der Waals surface area contributed by atoms with Crippen LogP contribution in [0.2, 0.25) is 0 Å². The Balaban J connectivity index is 2.01. The number of benzene rings is 1. The van der Waals surface area contributed by atoms with Crippen LogP contribution in [0.1, 0.15) is 25.2 Å². The number of rotatable bonds is 3. The van der Waals surface area contributed by atoms with Crippen LogP contribution < -0.4 is 5.73 Å². The molecule has 1 aliphatic rings. The van der Waals surface area contributed by atoms with E-state index in [1.807, 2.05) is 54.9 Å². The van der Waals surface area contributed by atoms with Crippen LogP contribution in [0.3, 0.4) is 0 Å². The second-order valence-corrected chi connectivity index (χ2v) is 5.64. The van der Waals surface area contributed by atoms with Gasteiger partial charge in [-0.15, -0.1) is 0 Å². The van der Waals surface area contributed by atoms with Crippen molar-refractivity contribution in [2.75, 3.05) is 0 Å². The van der Waals surface area contributed by atoms with Crippen molar-refractivity contribution in [2.24, 2.45) is 10.7 Å². The van der Waals surface area contributed by atoms with Gasteiger partial charge in [0, 0.05) is 18.9 Å². The maximum Gasteiger partial charge on any atom is 0.147 e. The van der Waals surface area contributed by atoms with E-state index in [2.05, 4.69) is 9.98 Å². The maximum atomic E-state index is 10.4. The van der Waals surface area contributed by atoms with Gasteiger partial charge in [-0.05, 0) is 19.4 Å². The first-order valence-electron chi connectivity index (χ1n) is 6.84. The van der Waals surface area contributed by atoms with Crippen LogP contribution in [0.5, 0.6) is 0 Å². The third-order valence-electron chi connectivity index (χ3n) is 3.61. The molecule has 108 valence electrons. The number of hydrogen-bond donors (Lipinski definition) is 2. The molecule has 0 bridgehead atoms. The third-order valence-corrected chi connectivity index (χ3v) is 3.61. The normalized spacial score (nSPS) is 17.1. The summed E-state index contributed by atoms with van der Waals surface area (Å²) in [6.45, 7) is 4.32. The highest BCUT2D eigenvalue weighted by molar-refractivity contribution is 6.23. The smallest absolute Gasteiger partial charge is 0.147 e. The minimum atomic E-state index is -0.692. The number of aliphatic imine (C=N–C) groups is 1. The summed E-state index contributed by atoms with van der Waals surface area (Å²) in [5.41, 5.74) is 6.97. The molecular formula is C16H18N4O. The Morgan fingerprint density at radius 3 is 2.57 bits per heavy atom. The molecule has 0 unspecified atom stereocenters. The van der Waals surface area contributed by atoms with E-state index in [4.69, 9.17) is 5.73 Å². The van der Waals surface area contributed by atoms with E-state index in [0.717, 1.165) is 5.56 Å². The molecule has 0 fully saturated rings. The largest absolute Gasteiger partial charge is 0.509 e. The van der Waals surface area contributed by atoms with E-state index in [1.165, 1.54) is 0 Å². The molecule has 5 heteroatoms. The predicted molar refractivity (Wildman–Crippen MR) is 83.0 cm³/mol. The van der Waals surface area contributed by atoms with Crippen molar-refractivity contribution in [3.63, 3.8) is 0 Å². The monoisotopic (exact) mass is 282 g/mol. The Labute approximate surface area is 123 Å². The molecule has 1 aromatic carbocycles. The lowest BCUT2D eigenvalue weighted by Crippen LogP contribution is -2.17. The molecule has 21 heavy (non-hydrogen) atoms. The number of aliphatic hydroxyl groups excluding tert-OH is 1. The summed E-state index contributed by atoms with van der Waals surface area (Å²) in [4.78, 5) is 8.65. The molecule has 3 N–H and O–H groups in total. The van der Waals surface area contributed by atoms with Crippen LogP contribution in [0.25, 0.3) is 5.57 Å². The van der Waals surface area contributed by atoms with Crippen LogP contribution in [0.4, 0.5) is 0 Å². The molecule has 0 radical (unpaired) electrons. The molecular weight excluding hydrogens is 264 g/mol. The van der Waals surface area contributed by atoms with Gasteiger partial charge >= 0.3 is 0 Å². The summed E-state index contributed by atoms with van der Waals surface area (Å²) in [6.07, 6.45) is 3.58. The first-order chi connectivity index (χ1) is 9.99. The van der Waals surface area contributed by atoms with E-state index < -0.39 is 5.54 Å². The molecule has 3 rings (SSSR count). The Bertz CT molecular complexity index is 726. The Hall–Kier alpha value is -2.56. The van der Waals surface area contributed by atoms with Gasteiger partial charge in [0.1, 0.15) is 23.0 Å². The van der Waals surface area contributed by atoms with Crippen LogP contribution in [-0.4, -0.2) is 26.0 Å². The van der Waals surface area contributed by atoms with Crippen molar-refractivity contribution in [1.29, 1.82) is 0 Å². The lowest BCUT2D eigenvalue weighted by Gasteiger charge is -2.14. The molecule has 5 nitrogen and oxygen atoms in total. The van der Waals surface area contributed by atoms with E-state index in [1.54, 1.807) is 6.20 Å². The van der Waals surface area contributed by atoms with E-state index in [0.29, 0.717) is 23.8 Å².